The van der Waals surface area contributed by atoms with Crippen molar-refractivity contribution in [3.8, 4) is 17.2 Å². The van der Waals surface area contributed by atoms with Gasteiger partial charge in [-0.2, -0.15) is 0 Å². The van der Waals surface area contributed by atoms with Crippen molar-refractivity contribution in [3.05, 3.63) is 16.1 Å². The third-order valence-electron chi connectivity index (χ3n) is 2.01. The number of aliphatic hydroxyl groups is 1. The monoisotopic (exact) mass is 260 g/mol. The molecule has 1 N–H and O–H groups in total. The molecule has 0 amide bonds. The molecule has 1 aromatic carbocycles. The maximum atomic E-state index is 9.09. The highest BCUT2D eigenvalue weighted by atomic mass is 79.9. The van der Waals surface area contributed by atoms with E-state index in [-0.39, 0.29) is 13.4 Å². The summed E-state index contributed by atoms with van der Waals surface area (Å²) in [5.41, 5.74) is 0.714. The Balaban J connectivity index is 2.60. The van der Waals surface area contributed by atoms with E-state index in [2.05, 4.69) is 15.9 Å². The van der Waals surface area contributed by atoms with E-state index < -0.39 is 0 Å². The fourth-order valence-corrected chi connectivity index (χ4v) is 1.92. The Kier molecular flexibility index (Phi) is 2.52. The van der Waals surface area contributed by atoms with E-state index in [9.17, 15) is 0 Å². The zero-order valence-corrected chi connectivity index (χ0v) is 9.13. The van der Waals surface area contributed by atoms with Gasteiger partial charge in [-0.05, 0) is 27.6 Å². The largest absolute Gasteiger partial charge is 0.492 e. The van der Waals surface area contributed by atoms with Gasteiger partial charge in [-0.1, -0.05) is 0 Å². The second kappa shape index (κ2) is 3.67. The van der Waals surface area contributed by atoms with Crippen LogP contribution in [0.2, 0.25) is 0 Å². The van der Waals surface area contributed by atoms with Gasteiger partial charge in [-0.3, -0.25) is 0 Å². The lowest BCUT2D eigenvalue weighted by atomic mass is 10.2. The predicted octanol–water partition coefficient (Wildman–Crippen LogP) is 1.68. The first kappa shape index (κ1) is 9.61. The Hall–Kier alpha value is -0.940. The molecule has 0 spiro atoms. The van der Waals surface area contributed by atoms with Crippen molar-refractivity contribution in [2.45, 2.75) is 6.61 Å². The molecule has 1 aromatic rings. The molecular weight excluding hydrogens is 252 g/mol. The fraction of sp³-hybridized carbons (Fsp3) is 0.333. The molecular formula is C9H9BrO4. The van der Waals surface area contributed by atoms with E-state index in [1.807, 2.05) is 0 Å². The van der Waals surface area contributed by atoms with Crippen LogP contribution in [0.3, 0.4) is 0 Å². The van der Waals surface area contributed by atoms with Gasteiger partial charge in [-0.15, -0.1) is 0 Å². The number of fused-ring (bicyclic) bond motifs is 1. The van der Waals surface area contributed by atoms with Gasteiger partial charge < -0.3 is 19.3 Å². The van der Waals surface area contributed by atoms with Crippen LogP contribution in [0.25, 0.3) is 0 Å². The number of ether oxygens (including phenoxy) is 3. The van der Waals surface area contributed by atoms with Gasteiger partial charge in [0.05, 0.1) is 18.2 Å². The third-order valence-corrected chi connectivity index (χ3v) is 2.88. The molecule has 14 heavy (non-hydrogen) atoms. The highest BCUT2D eigenvalue weighted by Gasteiger charge is 2.23. The van der Waals surface area contributed by atoms with Crippen LogP contribution in [0.1, 0.15) is 5.56 Å². The van der Waals surface area contributed by atoms with E-state index >= 15 is 0 Å². The molecule has 0 aromatic heterocycles. The molecule has 1 aliphatic heterocycles. The van der Waals surface area contributed by atoms with E-state index in [0.29, 0.717) is 27.3 Å². The molecule has 0 saturated carbocycles. The fourth-order valence-electron chi connectivity index (χ4n) is 1.34. The Bertz CT molecular complexity index is 364. The highest BCUT2D eigenvalue weighted by Crippen LogP contribution is 2.47. The molecule has 2 rings (SSSR count). The first-order valence-electron chi connectivity index (χ1n) is 4.03. The minimum absolute atomic E-state index is 0.0758. The second-order valence-corrected chi connectivity index (χ2v) is 3.57. The average Bonchev–Trinajstić information content (AvgIpc) is 2.64. The Labute approximate surface area is 89.5 Å². The summed E-state index contributed by atoms with van der Waals surface area (Å²) in [5.74, 6) is 1.75. The van der Waals surface area contributed by atoms with Gasteiger partial charge in [-0.25, -0.2) is 0 Å². The van der Waals surface area contributed by atoms with Crippen LogP contribution in [0.5, 0.6) is 17.2 Å². The molecule has 0 aliphatic carbocycles. The minimum atomic E-state index is -0.0758. The number of hydrogen-bond donors (Lipinski definition) is 1. The molecule has 1 heterocycles. The molecule has 76 valence electrons. The molecule has 0 unspecified atom stereocenters. The summed E-state index contributed by atoms with van der Waals surface area (Å²) < 4.78 is 16.3. The third kappa shape index (κ3) is 1.33. The maximum absolute atomic E-state index is 9.09. The van der Waals surface area contributed by atoms with Gasteiger partial charge in [0.25, 0.3) is 0 Å². The second-order valence-electron chi connectivity index (χ2n) is 2.77. The van der Waals surface area contributed by atoms with E-state index in [1.165, 1.54) is 0 Å². The SMILES string of the molecule is COc1c(Br)c(CO)cc2c1OCO2. The lowest BCUT2D eigenvalue weighted by molar-refractivity contribution is 0.171. The quantitative estimate of drug-likeness (QED) is 0.879. The molecule has 1 aliphatic rings. The predicted molar refractivity (Wildman–Crippen MR) is 52.7 cm³/mol. The molecule has 5 heteroatoms. The van der Waals surface area contributed by atoms with Crippen LogP contribution in [0, 0.1) is 0 Å². The van der Waals surface area contributed by atoms with Crippen molar-refractivity contribution < 1.29 is 19.3 Å². The first-order chi connectivity index (χ1) is 6.77. The normalized spacial score (nSPS) is 13.1. The minimum Gasteiger partial charge on any atom is -0.492 e. The molecule has 0 atom stereocenters. The first-order valence-corrected chi connectivity index (χ1v) is 4.83. The van der Waals surface area contributed by atoms with Crippen LogP contribution >= 0.6 is 15.9 Å². The van der Waals surface area contributed by atoms with E-state index in [0.717, 1.165) is 0 Å². The molecule has 0 saturated heterocycles. The summed E-state index contributed by atoms with van der Waals surface area (Å²) in [4.78, 5) is 0. The summed E-state index contributed by atoms with van der Waals surface area (Å²) in [6.07, 6.45) is 0. The van der Waals surface area contributed by atoms with Crippen molar-refractivity contribution in [1.29, 1.82) is 0 Å². The van der Waals surface area contributed by atoms with Crippen LogP contribution in [0.15, 0.2) is 10.5 Å². The van der Waals surface area contributed by atoms with Gasteiger partial charge >= 0.3 is 0 Å². The lowest BCUT2D eigenvalue weighted by Gasteiger charge is -2.09. The molecule has 0 fully saturated rings. The Morgan fingerprint density at radius 1 is 1.57 bits per heavy atom. The summed E-state index contributed by atoms with van der Waals surface area (Å²) in [5, 5.41) is 9.09. The van der Waals surface area contributed by atoms with Gasteiger partial charge in [0.1, 0.15) is 0 Å². The molecule has 4 nitrogen and oxygen atoms in total. The number of aliphatic hydroxyl groups excluding tert-OH is 1. The van der Waals surface area contributed by atoms with Gasteiger partial charge in [0.15, 0.2) is 11.5 Å². The van der Waals surface area contributed by atoms with Crippen molar-refractivity contribution in [2.24, 2.45) is 0 Å². The summed E-state index contributed by atoms with van der Waals surface area (Å²) >= 11 is 3.33. The van der Waals surface area contributed by atoms with Gasteiger partial charge in [0, 0.05) is 0 Å². The zero-order chi connectivity index (χ0) is 10.1. The van der Waals surface area contributed by atoms with Crippen LogP contribution in [-0.4, -0.2) is 19.0 Å². The number of methoxy groups -OCH3 is 1. The standard InChI is InChI=1S/C9H9BrO4/c1-12-9-7(10)5(3-11)2-6-8(9)14-4-13-6/h2,11H,3-4H2,1H3. The average molecular weight is 261 g/mol. The molecule has 0 bridgehead atoms. The van der Waals surface area contributed by atoms with Crippen LogP contribution in [0.4, 0.5) is 0 Å². The van der Waals surface area contributed by atoms with E-state index in [4.69, 9.17) is 19.3 Å². The van der Waals surface area contributed by atoms with Crippen molar-refractivity contribution in [3.63, 3.8) is 0 Å². The van der Waals surface area contributed by atoms with E-state index in [1.54, 1.807) is 13.2 Å². The summed E-state index contributed by atoms with van der Waals surface area (Å²) in [6, 6.07) is 1.73. The van der Waals surface area contributed by atoms with Gasteiger partial charge in [0.2, 0.25) is 12.5 Å². The zero-order valence-electron chi connectivity index (χ0n) is 7.54. The summed E-state index contributed by atoms with van der Waals surface area (Å²) in [6.45, 7) is 0.112. The summed E-state index contributed by atoms with van der Waals surface area (Å²) in [7, 11) is 1.54. The Morgan fingerprint density at radius 3 is 3.00 bits per heavy atom. The van der Waals surface area contributed by atoms with Crippen LogP contribution < -0.4 is 14.2 Å². The van der Waals surface area contributed by atoms with Crippen molar-refractivity contribution >= 4 is 15.9 Å². The number of benzene rings is 1. The van der Waals surface area contributed by atoms with Crippen LogP contribution in [-0.2, 0) is 6.61 Å². The smallest absolute Gasteiger partial charge is 0.231 e. The lowest BCUT2D eigenvalue weighted by Crippen LogP contribution is -1.94. The number of halogens is 1. The number of rotatable bonds is 2. The molecule has 0 radical (unpaired) electrons. The Morgan fingerprint density at radius 2 is 2.36 bits per heavy atom. The van der Waals surface area contributed by atoms with Crippen molar-refractivity contribution in [1.82, 2.24) is 0 Å². The van der Waals surface area contributed by atoms with Crippen molar-refractivity contribution in [2.75, 3.05) is 13.9 Å². The number of hydrogen-bond acceptors (Lipinski definition) is 4. The topological polar surface area (TPSA) is 47.9 Å². The highest BCUT2D eigenvalue weighted by molar-refractivity contribution is 9.10. The maximum Gasteiger partial charge on any atom is 0.231 e.